The average molecular weight is 374 g/mol. The van der Waals surface area contributed by atoms with E-state index in [2.05, 4.69) is 9.97 Å². The van der Waals surface area contributed by atoms with Crippen LogP contribution in [0.3, 0.4) is 0 Å². The molecule has 4 N–H and O–H groups in total. The minimum absolute atomic E-state index is 0.0634. The van der Waals surface area contributed by atoms with Gasteiger partial charge >= 0.3 is 5.97 Å². The number of aryl methyl sites for hydroxylation is 2. The van der Waals surface area contributed by atoms with Crippen LogP contribution in [-0.2, 0) is 6.42 Å². The Labute approximate surface area is 157 Å². The number of fused-ring (bicyclic) bond motifs is 1. The van der Waals surface area contributed by atoms with Crippen LogP contribution >= 0.6 is 0 Å². The fourth-order valence-corrected chi connectivity index (χ4v) is 4.06. The van der Waals surface area contributed by atoms with Gasteiger partial charge in [-0.25, -0.2) is 9.78 Å². The predicted octanol–water partition coefficient (Wildman–Crippen LogP) is 2.20. The van der Waals surface area contributed by atoms with E-state index in [9.17, 15) is 19.8 Å². The van der Waals surface area contributed by atoms with Gasteiger partial charge in [-0.2, -0.15) is 4.98 Å². The fraction of sp³-hybridized carbons (Fsp3) is 0.579. The molecule has 0 spiro atoms. The number of aliphatic hydroxyl groups is 1. The van der Waals surface area contributed by atoms with Crippen LogP contribution in [0.15, 0.2) is 4.79 Å². The summed E-state index contributed by atoms with van der Waals surface area (Å²) in [5.74, 6) is -1.16. The van der Waals surface area contributed by atoms with E-state index >= 15 is 0 Å². The quantitative estimate of drug-likeness (QED) is 0.731. The molecule has 1 saturated carbocycles. The van der Waals surface area contributed by atoms with Gasteiger partial charge in [0.1, 0.15) is 11.2 Å². The van der Waals surface area contributed by atoms with Crippen LogP contribution in [-0.4, -0.2) is 36.8 Å². The summed E-state index contributed by atoms with van der Waals surface area (Å²) in [5.41, 5.74) is 6.59. The highest BCUT2D eigenvalue weighted by atomic mass is 16.4. The van der Waals surface area contributed by atoms with E-state index in [1.165, 1.54) is 4.57 Å². The Kier molecular flexibility index (Phi) is 5.46. The number of unbranched alkanes of at least 4 members (excludes halogenated alkanes) is 1. The molecule has 0 atom stereocenters. The molecule has 1 fully saturated rings. The molecule has 3 rings (SSSR count). The molecule has 0 aliphatic heterocycles. The van der Waals surface area contributed by atoms with Crippen LogP contribution in [0.2, 0.25) is 0 Å². The van der Waals surface area contributed by atoms with Crippen LogP contribution in [0.4, 0.5) is 5.95 Å². The molecule has 0 radical (unpaired) electrons. The molecule has 2 heterocycles. The Bertz CT molecular complexity index is 930. The molecule has 8 nitrogen and oxygen atoms in total. The first kappa shape index (κ1) is 19.3. The highest BCUT2D eigenvalue weighted by Crippen LogP contribution is 2.32. The van der Waals surface area contributed by atoms with Crippen LogP contribution in [0, 0.1) is 6.92 Å². The maximum Gasteiger partial charge on any atom is 0.341 e. The van der Waals surface area contributed by atoms with Gasteiger partial charge in [-0.05, 0) is 51.0 Å². The summed E-state index contributed by atoms with van der Waals surface area (Å²) in [5, 5.41) is 20.2. The van der Waals surface area contributed by atoms with Crippen molar-refractivity contribution in [2.45, 2.75) is 70.9 Å². The third-order valence-corrected chi connectivity index (χ3v) is 5.38. The highest BCUT2D eigenvalue weighted by molar-refractivity contribution is 5.96. The molecule has 0 saturated heterocycles. The number of aliphatic hydroxyl groups excluding tert-OH is 1. The number of rotatable bonds is 5. The number of aromatic nitrogens is 3. The number of pyridine rings is 1. The molecule has 27 heavy (non-hydrogen) atoms. The van der Waals surface area contributed by atoms with Gasteiger partial charge in [0.25, 0.3) is 5.56 Å². The minimum atomic E-state index is -1.23. The van der Waals surface area contributed by atoms with Crippen LogP contribution in [0.1, 0.15) is 73.1 Å². The molecule has 0 amide bonds. The maximum atomic E-state index is 13.2. The maximum absolute atomic E-state index is 13.2. The standard InChI is InChI=1S/C19H26N4O4/c1-3-4-5-13-14-10(2)21-19(20)22-16(14)23(17(25)15(13)18(26)27)11-6-8-12(24)9-7-11/h11-12,24H,3-9H2,1-2H3,(H,26,27)(H2,20,21,22). The van der Waals surface area contributed by atoms with E-state index in [-0.39, 0.29) is 23.7 Å². The topological polar surface area (TPSA) is 131 Å². The van der Waals surface area contributed by atoms with Gasteiger partial charge in [-0.3, -0.25) is 9.36 Å². The Hall–Kier alpha value is -2.48. The Morgan fingerprint density at radius 2 is 1.93 bits per heavy atom. The lowest BCUT2D eigenvalue weighted by Gasteiger charge is -2.29. The normalized spacial score (nSPS) is 20.1. The van der Waals surface area contributed by atoms with E-state index in [1.807, 2.05) is 6.92 Å². The zero-order chi connectivity index (χ0) is 19.7. The van der Waals surface area contributed by atoms with Crippen LogP contribution in [0.5, 0.6) is 0 Å². The highest BCUT2D eigenvalue weighted by Gasteiger charge is 2.29. The number of carboxylic acid groups (broad SMARTS) is 1. The number of hydrogen-bond acceptors (Lipinski definition) is 6. The van der Waals surface area contributed by atoms with E-state index in [0.717, 1.165) is 12.8 Å². The van der Waals surface area contributed by atoms with Gasteiger partial charge in [0, 0.05) is 11.4 Å². The number of aromatic carboxylic acids is 1. The number of nitrogens with zero attached hydrogens (tertiary/aromatic N) is 3. The second kappa shape index (κ2) is 7.64. The van der Waals surface area contributed by atoms with Gasteiger partial charge in [0.05, 0.1) is 11.8 Å². The number of carbonyl (C=O) groups is 1. The molecular weight excluding hydrogens is 348 g/mol. The minimum Gasteiger partial charge on any atom is -0.477 e. The second-order valence-electron chi connectivity index (χ2n) is 7.27. The third-order valence-electron chi connectivity index (χ3n) is 5.38. The van der Waals surface area contributed by atoms with E-state index in [4.69, 9.17) is 5.73 Å². The Balaban J connectivity index is 2.36. The molecule has 1 aliphatic rings. The predicted molar refractivity (Wildman–Crippen MR) is 102 cm³/mol. The molecule has 0 unspecified atom stereocenters. The zero-order valence-corrected chi connectivity index (χ0v) is 15.7. The lowest BCUT2D eigenvalue weighted by Crippen LogP contribution is -2.35. The van der Waals surface area contributed by atoms with Gasteiger partial charge in [-0.1, -0.05) is 13.3 Å². The molecular formula is C19H26N4O4. The summed E-state index contributed by atoms with van der Waals surface area (Å²) in [7, 11) is 0. The van der Waals surface area contributed by atoms with E-state index in [0.29, 0.717) is 54.4 Å². The zero-order valence-electron chi connectivity index (χ0n) is 15.7. The summed E-state index contributed by atoms with van der Waals surface area (Å²) >= 11 is 0. The molecule has 146 valence electrons. The average Bonchev–Trinajstić information content (AvgIpc) is 2.60. The molecule has 2 aromatic heterocycles. The first-order valence-corrected chi connectivity index (χ1v) is 9.47. The molecule has 8 heteroatoms. The summed E-state index contributed by atoms with van der Waals surface area (Å²) in [6, 6.07) is -0.213. The smallest absolute Gasteiger partial charge is 0.341 e. The SMILES string of the molecule is CCCCc1c(C(=O)O)c(=O)n(C2CCC(O)CC2)c2nc(N)nc(C)c12. The Morgan fingerprint density at radius 3 is 2.52 bits per heavy atom. The van der Waals surface area contributed by atoms with E-state index < -0.39 is 11.5 Å². The van der Waals surface area contributed by atoms with E-state index in [1.54, 1.807) is 6.92 Å². The third kappa shape index (κ3) is 3.53. The number of anilines is 1. The van der Waals surface area contributed by atoms with Crippen molar-refractivity contribution >= 4 is 23.0 Å². The van der Waals surface area contributed by atoms with Crippen molar-refractivity contribution in [1.82, 2.24) is 14.5 Å². The van der Waals surface area contributed by atoms with Gasteiger partial charge in [0.15, 0.2) is 0 Å². The summed E-state index contributed by atoms with van der Waals surface area (Å²) < 4.78 is 1.48. The molecule has 2 aromatic rings. The fourth-order valence-electron chi connectivity index (χ4n) is 4.06. The summed E-state index contributed by atoms with van der Waals surface area (Å²) in [4.78, 5) is 33.8. The summed E-state index contributed by atoms with van der Waals surface area (Å²) in [6.07, 6.45) is 4.04. The molecule has 0 aromatic carbocycles. The molecule has 1 aliphatic carbocycles. The van der Waals surface area contributed by atoms with Gasteiger partial charge in [0.2, 0.25) is 5.95 Å². The first-order chi connectivity index (χ1) is 12.8. The van der Waals surface area contributed by atoms with Gasteiger partial charge < -0.3 is 15.9 Å². The number of carboxylic acids is 1. The lowest BCUT2D eigenvalue weighted by molar-refractivity contribution is 0.0691. The number of hydrogen-bond donors (Lipinski definition) is 3. The van der Waals surface area contributed by atoms with Crippen molar-refractivity contribution in [2.24, 2.45) is 0 Å². The van der Waals surface area contributed by atoms with Crippen molar-refractivity contribution in [2.75, 3.05) is 5.73 Å². The van der Waals surface area contributed by atoms with Crippen LogP contribution < -0.4 is 11.3 Å². The van der Waals surface area contributed by atoms with Crippen molar-refractivity contribution in [3.8, 4) is 0 Å². The van der Waals surface area contributed by atoms with Crippen molar-refractivity contribution < 1.29 is 15.0 Å². The summed E-state index contributed by atoms with van der Waals surface area (Å²) in [6.45, 7) is 3.78. The van der Waals surface area contributed by atoms with Crippen molar-refractivity contribution in [3.63, 3.8) is 0 Å². The monoisotopic (exact) mass is 374 g/mol. The number of nitrogen functional groups attached to an aromatic ring is 1. The Morgan fingerprint density at radius 1 is 1.26 bits per heavy atom. The second-order valence-corrected chi connectivity index (χ2v) is 7.27. The van der Waals surface area contributed by atoms with Gasteiger partial charge in [-0.15, -0.1) is 0 Å². The van der Waals surface area contributed by atoms with Crippen molar-refractivity contribution in [3.05, 3.63) is 27.2 Å². The lowest BCUT2D eigenvalue weighted by atomic mass is 9.91. The molecule has 0 bridgehead atoms. The van der Waals surface area contributed by atoms with Crippen molar-refractivity contribution in [1.29, 1.82) is 0 Å². The largest absolute Gasteiger partial charge is 0.477 e. The number of nitrogens with two attached hydrogens (primary N) is 1. The first-order valence-electron chi connectivity index (χ1n) is 9.47. The van der Waals surface area contributed by atoms with Crippen LogP contribution in [0.25, 0.3) is 11.0 Å².